The second-order valence-corrected chi connectivity index (χ2v) is 10.3. The molecule has 0 fully saturated rings. The average Bonchev–Trinajstić information content (AvgIpc) is 3.39. The maximum atomic E-state index is 12.5. The Kier molecular flexibility index (Phi) is 10.9. The summed E-state index contributed by atoms with van der Waals surface area (Å²) in [5.41, 5.74) is 4.15. The van der Waals surface area contributed by atoms with Gasteiger partial charge in [-0.1, -0.05) is 48.5 Å². The third-order valence-corrected chi connectivity index (χ3v) is 6.82. The van der Waals surface area contributed by atoms with E-state index >= 15 is 0 Å². The number of halogens is 3. The maximum absolute atomic E-state index is 12.5. The van der Waals surface area contributed by atoms with Crippen molar-refractivity contribution >= 4 is 11.6 Å². The number of aliphatic hydroxyl groups is 1. The number of ether oxygens (including phenoxy) is 3. The molecule has 228 valence electrons. The highest BCUT2D eigenvalue weighted by molar-refractivity contribution is 5.78. The molecule has 11 heteroatoms. The normalized spacial score (nSPS) is 14.0. The van der Waals surface area contributed by atoms with Gasteiger partial charge < -0.3 is 29.5 Å². The largest absolute Gasteiger partial charge is 0.480 e. The summed E-state index contributed by atoms with van der Waals surface area (Å²) in [6, 6.07) is 20.9. The van der Waals surface area contributed by atoms with Gasteiger partial charge in [-0.2, -0.15) is 18.4 Å². The first-order valence-corrected chi connectivity index (χ1v) is 14.0. The molecule has 2 atom stereocenters. The first-order chi connectivity index (χ1) is 20.6. The molecule has 0 saturated carbocycles. The Balaban J connectivity index is 1.26. The van der Waals surface area contributed by atoms with E-state index in [0.29, 0.717) is 37.1 Å². The third kappa shape index (κ3) is 9.36. The van der Waals surface area contributed by atoms with Gasteiger partial charge in [-0.05, 0) is 55.5 Å². The van der Waals surface area contributed by atoms with E-state index in [-0.39, 0.29) is 17.5 Å². The number of para-hydroxylation sites is 2. The topological polar surface area (TPSA) is 104 Å². The highest BCUT2D eigenvalue weighted by Crippen LogP contribution is 2.33. The molecule has 0 aromatic heterocycles. The molecule has 43 heavy (non-hydrogen) atoms. The van der Waals surface area contributed by atoms with Crippen LogP contribution in [-0.2, 0) is 22.4 Å². The lowest BCUT2D eigenvalue weighted by Crippen LogP contribution is -2.37. The van der Waals surface area contributed by atoms with Crippen LogP contribution in [0.3, 0.4) is 0 Å². The number of fused-ring (bicyclic) bond motifs is 1. The quantitative estimate of drug-likeness (QED) is 0.197. The van der Waals surface area contributed by atoms with E-state index in [2.05, 4.69) is 22.4 Å². The Morgan fingerprint density at radius 1 is 1.09 bits per heavy atom. The number of hydrogen-bond acceptors (Lipinski definition) is 7. The Hall–Kier alpha value is -4.27. The van der Waals surface area contributed by atoms with E-state index in [1.165, 1.54) is 18.2 Å². The van der Waals surface area contributed by atoms with Crippen LogP contribution in [0.4, 0.5) is 18.9 Å². The number of carbonyl (C=O) groups excluding carboxylic acids is 1. The van der Waals surface area contributed by atoms with Gasteiger partial charge >= 0.3 is 6.18 Å². The van der Waals surface area contributed by atoms with Crippen molar-refractivity contribution in [2.24, 2.45) is 0 Å². The summed E-state index contributed by atoms with van der Waals surface area (Å²) in [5, 5.41) is 22.9. The van der Waals surface area contributed by atoms with E-state index in [9.17, 15) is 28.3 Å². The fraction of sp³-hybridized carbons (Fsp3) is 0.375. The van der Waals surface area contributed by atoms with Crippen LogP contribution in [0, 0.1) is 11.3 Å². The van der Waals surface area contributed by atoms with E-state index < -0.39 is 31.6 Å². The van der Waals surface area contributed by atoms with Gasteiger partial charge in [0.2, 0.25) is 0 Å². The minimum absolute atomic E-state index is 0.0373. The van der Waals surface area contributed by atoms with Crippen molar-refractivity contribution < 1.29 is 37.3 Å². The van der Waals surface area contributed by atoms with Crippen molar-refractivity contribution in [1.29, 1.82) is 5.26 Å². The highest BCUT2D eigenvalue weighted by Gasteiger charge is 2.29. The molecule has 3 aromatic carbocycles. The molecule has 1 heterocycles. The van der Waals surface area contributed by atoms with Crippen LogP contribution in [0.5, 0.6) is 11.5 Å². The van der Waals surface area contributed by atoms with Crippen LogP contribution in [0.15, 0.2) is 66.7 Å². The molecular formula is C32H34F3N3O5. The molecule has 3 aromatic rings. The Morgan fingerprint density at radius 3 is 2.49 bits per heavy atom. The van der Waals surface area contributed by atoms with Gasteiger partial charge in [0, 0.05) is 24.7 Å². The number of nitrogens with one attached hydrogen (secondary N) is 1. The minimum atomic E-state index is -4.50. The van der Waals surface area contributed by atoms with Crippen LogP contribution in [0.25, 0.3) is 0 Å². The van der Waals surface area contributed by atoms with Gasteiger partial charge in [0.15, 0.2) is 31.0 Å². The monoisotopic (exact) mass is 597 g/mol. The average molecular weight is 598 g/mol. The Bertz CT molecular complexity index is 1410. The number of nitrogens with zero attached hydrogens (tertiary/aromatic N) is 2. The minimum Gasteiger partial charge on any atom is -0.480 e. The molecular weight excluding hydrogens is 563 g/mol. The molecule has 1 aliphatic rings. The lowest BCUT2D eigenvalue weighted by molar-refractivity contribution is -0.153. The summed E-state index contributed by atoms with van der Waals surface area (Å²) < 4.78 is 53.4. The highest BCUT2D eigenvalue weighted by atomic mass is 19.4. The standard InChI is InChI=1S/C32H34F3N3O5/c1-22(37-29(39)20-42-27-10-5-6-11-28(27)43-21-32(33,34)35)16-23-17-25-12-14-38(30(25)26(18-23)19-36)13-7-15-41-31(40)24-8-3-2-4-9-24/h2-6,8-11,17-18,22,31,40H,7,12-16,20-21H2,1H3,(H,37,39). The predicted molar refractivity (Wildman–Crippen MR) is 154 cm³/mol. The maximum Gasteiger partial charge on any atom is 0.422 e. The SMILES string of the molecule is CC(Cc1cc(C#N)c2c(c1)CCN2CCCOC(O)c1ccccc1)NC(=O)COc1ccccc1OCC(F)(F)F. The van der Waals surface area contributed by atoms with Gasteiger partial charge in [0.25, 0.3) is 5.91 Å². The molecule has 0 saturated heterocycles. The third-order valence-electron chi connectivity index (χ3n) is 6.82. The molecule has 0 aliphatic carbocycles. The zero-order chi connectivity index (χ0) is 30.8. The summed E-state index contributed by atoms with van der Waals surface area (Å²) in [5.74, 6) is -0.505. The smallest absolute Gasteiger partial charge is 0.422 e. The number of benzene rings is 3. The van der Waals surface area contributed by atoms with E-state index in [1.807, 2.05) is 31.2 Å². The van der Waals surface area contributed by atoms with Crippen LogP contribution < -0.4 is 19.7 Å². The van der Waals surface area contributed by atoms with E-state index in [4.69, 9.17) is 14.2 Å². The number of nitriles is 1. The fourth-order valence-electron chi connectivity index (χ4n) is 5.00. The molecule has 2 N–H and O–H groups in total. The van der Waals surface area contributed by atoms with Crippen molar-refractivity contribution in [3.8, 4) is 17.6 Å². The second kappa shape index (κ2) is 14.8. The van der Waals surface area contributed by atoms with Crippen LogP contribution in [0.2, 0.25) is 0 Å². The van der Waals surface area contributed by atoms with Gasteiger partial charge in [-0.3, -0.25) is 4.79 Å². The van der Waals surface area contributed by atoms with Crippen molar-refractivity contribution in [2.45, 2.75) is 44.7 Å². The molecule has 2 unspecified atom stereocenters. The van der Waals surface area contributed by atoms with Gasteiger partial charge in [-0.15, -0.1) is 0 Å². The molecule has 4 rings (SSSR count). The van der Waals surface area contributed by atoms with Crippen LogP contribution in [-0.4, -0.2) is 56.1 Å². The number of carbonyl (C=O) groups is 1. The molecule has 0 spiro atoms. The van der Waals surface area contributed by atoms with Crippen LogP contribution in [0.1, 0.15) is 41.9 Å². The zero-order valence-corrected chi connectivity index (χ0v) is 23.8. The summed E-state index contributed by atoms with van der Waals surface area (Å²) in [6.07, 6.45) is -3.53. The molecule has 0 bridgehead atoms. The molecule has 8 nitrogen and oxygen atoms in total. The summed E-state index contributed by atoms with van der Waals surface area (Å²) >= 11 is 0. The lowest BCUT2D eigenvalue weighted by Gasteiger charge is -2.22. The van der Waals surface area contributed by atoms with Crippen molar-refractivity contribution in [3.63, 3.8) is 0 Å². The number of alkyl halides is 3. The van der Waals surface area contributed by atoms with Gasteiger partial charge in [0.05, 0.1) is 17.9 Å². The summed E-state index contributed by atoms with van der Waals surface area (Å²) in [4.78, 5) is 14.7. The van der Waals surface area contributed by atoms with E-state index in [1.54, 1.807) is 18.2 Å². The first-order valence-electron chi connectivity index (χ1n) is 14.0. The van der Waals surface area contributed by atoms with Crippen molar-refractivity contribution in [3.05, 3.63) is 89.0 Å². The van der Waals surface area contributed by atoms with Gasteiger partial charge in [0.1, 0.15) is 6.07 Å². The number of amides is 1. The lowest BCUT2D eigenvalue weighted by atomic mass is 9.99. The van der Waals surface area contributed by atoms with Crippen molar-refractivity contribution in [1.82, 2.24) is 5.32 Å². The number of hydrogen-bond donors (Lipinski definition) is 2. The zero-order valence-electron chi connectivity index (χ0n) is 23.8. The predicted octanol–water partition coefficient (Wildman–Crippen LogP) is 5.09. The first kappa shape index (κ1) is 31.7. The summed E-state index contributed by atoms with van der Waals surface area (Å²) in [7, 11) is 0. The van der Waals surface area contributed by atoms with Gasteiger partial charge in [-0.25, -0.2) is 0 Å². The molecule has 1 aliphatic heterocycles. The number of anilines is 1. The summed E-state index contributed by atoms with van der Waals surface area (Å²) in [6.45, 7) is 1.78. The molecule has 0 radical (unpaired) electrons. The van der Waals surface area contributed by atoms with Crippen LogP contribution >= 0.6 is 0 Å². The number of aliphatic hydroxyl groups excluding tert-OH is 1. The fourth-order valence-corrected chi connectivity index (χ4v) is 5.00. The number of rotatable bonds is 14. The van der Waals surface area contributed by atoms with Crippen molar-refractivity contribution in [2.75, 3.05) is 37.8 Å². The molecule has 1 amide bonds. The van der Waals surface area contributed by atoms with E-state index in [0.717, 1.165) is 29.8 Å². The Morgan fingerprint density at radius 2 is 1.79 bits per heavy atom. The Labute approximate surface area is 248 Å². The second-order valence-electron chi connectivity index (χ2n) is 10.3.